The second kappa shape index (κ2) is 8.15. The highest BCUT2D eigenvalue weighted by Crippen LogP contribution is 2.22. The van der Waals surface area contributed by atoms with Crippen LogP contribution in [0.2, 0.25) is 0 Å². The number of amides is 2. The van der Waals surface area contributed by atoms with Gasteiger partial charge in [0.05, 0.1) is 16.5 Å². The summed E-state index contributed by atoms with van der Waals surface area (Å²) in [5, 5.41) is 10.8. The number of piperidine rings is 1. The number of hydrogen-bond acceptors (Lipinski definition) is 4. The highest BCUT2D eigenvalue weighted by molar-refractivity contribution is 7.12. The molecule has 0 bridgehead atoms. The van der Waals surface area contributed by atoms with Gasteiger partial charge >= 0.3 is 0 Å². The minimum Gasteiger partial charge on any atom is -0.341 e. The number of nitriles is 1. The Morgan fingerprint density at radius 1 is 1.23 bits per heavy atom. The summed E-state index contributed by atoms with van der Waals surface area (Å²) in [5.74, 6) is 0.153. The van der Waals surface area contributed by atoms with E-state index in [0.717, 1.165) is 10.4 Å². The van der Waals surface area contributed by atoms with Crippen LogP contribution in [0.4, 0.5) is 0 Å². The molecule has 2 amide bonds. The van der Waals surface area contributed by atoms with Crippen LogP contribution < -0.4 is 0 Å². The van der Waals surface area contributed by atoms with Crippen molar-refractivity contribution >= 4 is 23.2 Å². The fourth-order valence-electron chi connectivity index (χ4n) is 3.23. The lowest BCUT2D eigenvalue weighted by Crippen LogP contribution is -2.43. The first kappa shape index (κ1) is 18.2. The molecule has 1 aliphatic heterocycles. The normalized spacial score (nSPS) is 14.7. The summed E-state index contributed by atoms with van der Waals surface area (Å²) in [5.41, 5.74) is 1.62. The molecule has 3 rings (SSSR count). The van der Waals surface area contributed by atoms with Crippen LogP contribution in [0.15, 0.2) is 41.8 Å². The predicted molar refractivity (Wildman–Crippen MR) is 101 cm³/mol. The van der Waals surface area contributed by atoms with E-state index in [-0.39, 0.29) is 17.7 Å². The first-order valence-electron chi connectivity index (χ1n) is 8.65. The Hall–Kier alpha value is -2.65. The molecular weight excluding hydrogens is 346 g/mol. The number of thiophene rings is 1. The predicted octanol–water partition coefficient (Wildman–Crippen LogP) is 3.13. The maximum atomic E-state index is 12.7. The lowest BCUT2D eigenvalue weighted by molar-refractivity contribution is -0.136. The number of rotatable bonds is 4. The minimum absolute atomic E-state index is 0.0363. The molecule has 2 heterocycles. The molecule has 5 nitrogen and oxygen atoms in total. The second-order valence-corrected chi connectivity index (χ2v) is 7.49. The Morgan fingerprint density at radius 3 is 2.50 bits per heavy atom. The van der Waals surface area contributed by atoms with Crippen molar-refractivity contribution < 1.29 is 9.59 Å². The maximum Gasteiger partial charge on any atom is 0.263 e. The third-order valence-corrected chi connectivity index (χ3v) is 5.60. The molecule has 1 aromatic carbocycles. The standard InChI is InChI=1S/C20H21N3O2S/c1-22(14-16-6-4-15(13-21)5-7-16)19(24)17-8-10-23(11-9-17)20(25)18-3-2-12-26-18/h2-7,12,17H,8-11,14H2,1H3. The average molecular weight is 367 g/mol. The van der Waals surface area contributed by atoms with Crippen LogP contribution in [0.5, 0.6) is 0 Å². The molecule has 26 heavy (non-hydrogen) atoms. The molecule has 0 atom stereocenters. The molecule has 0 saturated carbocycles. The quantitative estimate of drug-likeness (QED) is 0.834. The van der Waals surface area contributed by atoms with E-state index in [9.17, 15) is 9.59 Å². The van der Waals surface area contributed by atoms with Gasteiger partial charge in [0.2, 0.25) is 5.91 Å². The smallest absolute Gasteiger partial charge is 0.263 e. The number of nitrogens with zero attached hydrogens (tertiary/aromatic N) is 3. The number of carbonyl (C=O) groups excluding carboxylic acids is 2. The van der Waals surface area contributed by atoms with Gasteiger partial charge in [0, 0.05) is 32.6 Å². The van der Waals surface area contributed by atoms with Crippen molar-refractivity contribution in [3.63, 3.8) is 0 Å². The molecule has 134 valence electrons. The van der Waals surface area contributed by atoms with E-state index < -0.39 is 0 Å². The zero-order valence-corrected chi connectivity index (χ0v) is 15.5. The van der Waals surface area contributed by atoms with Crippen molar-refractivity contribution in [2.75, 3.05) is 20.1 Å². The third kappa shape index (κ3) is 4.12. The van der Waals surface area contributed by atoms with Crippen molar-refractivity contribution in [3.8, 4) is 6.07 Å². The zero-order valence-electron chi connectivity index (χ0n) is 14.7. The molecule has 1 aliphatic rings. The number of hydrogen-bond donors (Lipinski definition) is 0. The Kier molecular flexibility index (Phi) is 5.69. The lowest BCUT2D eigenvalue weighted by Gasteiger charge is -2.33. The van der Waals surface area contributed by atoms with E-state index >= 15 is 0 Å². The molecular formula is C20H21N3O2S. The molecule has 1 fully saturated rings. The highest BCUT2D eigenvalue weighted by Gasteiger charge is 2.29. The fourth-order valence-corrected chi connectivity index (χ4v) is 3.92. The molecule has 0 spiro atoms. The second-order valence-electron chi connectivity index (χ2n) is 6.55. The van der Waals surface area contributed by atoms with Gasteiger partial charge in [-0.3, -0.25) is 9.59 Å². The Balaban J connectivity index is 1.52. The van der Waals surface area contributed by atoms with Crippen LogP contribution >= 0.6 is 11.3 Å². The van der Waals surface area contributed by atoms with Crippen LogP contribution in [0.1, 0.15) is 33.6 Å². The molecule has 0 radical (unpaired) electrons. The molecule has 2 aromatic rings. The molecule has 1 saturated heterocycles. The van der Waals surface area contributed by atoms with Crippen molar-refractivity contribution in [1.29, 1.82) is 5.26 Å². The van der Waals surface area contributed by atoms with Crippen molar-refractivity contribution in [2.45, 2.75) is 19.4 Å². The summed E-state index contributed by atoms with van der Waals surface area (Å²) in [4.78, 5) is 29.4. The Labute approximate surface area is 157 Å². The Morgan fingerprint density at radius 2 is 1.92 bits per heavy atom. The van der Waals surface area contributed by atoms with Gasteiger partial charge in [-0.2, -0.15) is 5.26 Å². The average Bonchev–Trinajstić information content (AvgIpc) is 3.22. The van der Waals surface area contributed by atoms with Crippen molar-refractivity contribution in [2.24, 2.45) is 5.92 Å². The SMILES string of the molecule is CN(Cc1ccc(C#N)cc1)C(=O)C1CCN(C(=O)c2cccs2)CC1. The monoisotopic (exact) mass is 367 g/mol. The topological polar surface area (TPSA) is 64.4 Å². The first-order chi connectivity index (χ1) is 12.6. The van der Waals surface area contributed by atoms with E-state index in [4.69, 9.17) is 5.26 Å². The van der Waals surface area contributed by atoms with Gasteiger partial charge in [-0.15, -0.1) is 11.3 Å². The lowest BCUT2D eigenvalue weighted by atomic mass is 9.95. The van der Waals surface area contributed by atoms with Gasteiger partial charge in [-0.05, 0) is 42.0 Å². The molecule has 0 N–H and O–H groups in total. The molecule has 1 aromatic heterocycles. The van der Waals surface area contributed by atoms with Gasteiger partial charge < -0.3 is 9.80 Å². The summed E-state index contributed by atoms with van der Waals surface area (Å²) in [6, 6.07) is 13.1. The molecule has 0 unspecified atom stereocenters. The minimum atomic E-state index is -0.0363. The van der Waals surface area contributed by atoms with Crippen LogP contribution in [0.25, 0.3) is 0 Å². The third-order valence-electron chi connectivity index (χ3n) is 4.74. The number of carbonyl (C=O) groups is 2. The Bertz CT molecular complexity index is 801. The van der Waals surface area contributed by atoms with Crippen molar-refractivity contribution in [3.05, 3.63) is 57.8 Å². The van der Waals surface area contributed by atoms with Gasteiger partial charge in [-0.1, -0.05) is 18.2 Å². The summed E-state index contributed by atoms with van der Waals surface area (Å²) in [7, 11) is 1.81. The zero-order chi connectivity index (χ0) is 18.5. The van der Waals surface area contributed by atoms with E-state index in [1.165, 1.54) is 11.3 Å². The van der Waals surface area contributed by atoms with E-state index in [0.29, 0.717) is 38.0 Å². The van der Waals surface area contributed by atoms with Crippen LogP contribution in [-0.4, -0.2) is 41.8 Å². The number of likely N-dealkylation sites (tertiary alicyclic amines) is 1. The summed E-state index contributed by atoms with van der Waals surface area (Å²) >= 11 is 1.45. The summed E-state index contributed by atoms with van der Waals surface area (Å²) in [6.45, 7) is 1.77. The van der Waals surface area contributed by atoms with E-state index in [2.05, 4.69) is 6.07 Å². The molecule has 6 heteroatoms. The highest BCUT2D eigenvalue weighted by atomic mass is 32.1. The van der Waals surface area contributed by atoms with Gasteiger partial charge in [0.15, 0.2) is 0 Å². The molecule has 0 aliphatic carbocycles. The van der Waals surface area contributed by atoms with Crippen LogP contribution in [0, 0.1) is 17.2 Å². The summed E-state index contributed by atoms with van der Waals surface area (Å²) in [6.07, 6.45) is 1.40. The number of benzene rings is 1. The summed E-state index contributed by atoms with van der Waals surface area (Å²) < 4.78 is 0. The van der Waals surface area contributed by atoms with Gasteiger partial charge in [0.25, 0.3) is 5.91 Å². The van der Waals surface area contributed by atoms with Crippen molar-refractivity contribution in [1.82, 2.24) is 9.80 Å². The van der Waals surface area contributed by atoms with E-state index in [1.54, 1.807) is 17.0 Å². The maximum absolute atomic E-state index is 12.7. The van der Waals surface area contributed by atoms with E-state index in [1.807, 2.05) is 41.6 Å². The first-order valence-corrected chi connectivity index (χ1v) is 9.53. The van der Waals surface area contributed by atoms with Gasteiger partial charge in [-0.25, -0.2) is 0 Å². The fraction of sp³-hybridized carbons (Fsp3) is 0.350. The van der Waals surface area contributed by atoms with Crippen LogP contribution in [0.3, 0.4) is 0 Å². The van der Waals surface area contributed by atoms with Gasteiger partial charge in [0.1, 0.15) is 0 Å². The largest absolute Gasteiger partial charge is 0.341 e. The van der Waals surface area contributed by atoms with Crippen LogP contribution in [-0.2, 0) is 11.3 Å².